The van der Waals surface area contributed by atoms with Crippen LogP contribution in [0.1, 0.15) is 33.8 Å². The molecule has 1 aromatic carbocycles. The zero-order valence-electron chi connectivity index (χ0n) is 15.7. The zero-order valence-corrected chi connectivity index (χ0v) is 15.7. The van der Waals surface area contributed by atoms with E-state index in [0.717, 1.165) is 23.3 Å². The Labute approximate surface area is 157 Å². The number of benzene rings is 1. The molecule has 140 valence electrons. The first-order valence-electron chi connectivity index (χ1n) is 8.92. The van der Waals surface area contributed by atoms with Crippen LogP contribution in [0.2, 0.25) is 0 Å². The van der Waals surface area contributed by atoms with Crippen molar-refractivity contribution in [2.45, 2.75) is 19.3 Å². The molecule has 1 atom stereocenters. The van der Waals surface area contributed by atoms with Crippen LogP contribution in [0.4, 0.5) is 0 Å². The second-order valence-electron chi connectivity index (χ2n) is 6.78. The molecule has 0 bridgehead atoms. The molecule has 1 unspecified atom stereocenters. The van der Waals surface area contributed by atoms with Crippen LogP contribution in [0.3, 0.4) is 0 Å². The quantitative estimate of drug-likeness (QED) is 0.710. The summed E-state index contributed by atoms with van der Waals surface area (Å²) in [5, 5.41) is 4.27. The molecule has 27 heavy (non-hydrogen) atoms. The number of fused-ring (bicyclic) bond motifs is 1. The number of carbonyl (C=O) groups is 1. The van der Waals surface area contributed by atoms with Crippen molar-refractivity contribution in [3.8, 4) is 11.5 Å². The number of amides is 1. The first-order valence-corrected chi connectivity index (χ1v) is 8.92. The van der Waals surface area contributed by atoms with E-state index < -0.39 is 0 Å². The minimum Gasteiger partial charge on any atom is -0.493 e. The minimum absolute atomic E-state index is 0.0364. The van der Waals surface area contributed by atoms with E-state index in [4.69, 9.17) is 9.47 Å². The van der Waals surface area contributed by atoms with Crippen molar-refractivity contribution >= 4 is 11.6 Å². The fourth-order valence-corrected chi connectivity index (χ4v) is 3.72. The maximum atomic E-state index is 13.0. The van der Waals surface area contributed by atoms with Crippen LogP contribution in [0.5, 0.6) is 11.5 Å². The normalized spacial score (nSPS) is 16.7. The molecule has 1 fully saturated rings. The summed E-state index contributed by atoms with van der Waals surface area (Å²) in [6.45, 7) is 3.26. The van der Waals surface area contributed by atoms with Gasteiger partial charge in [-0.15, -0.1) is 0 Å². The number of rotatable bonds is 4. The lowest BCUT2D eigenvalue weighted by Crippen LogP contribution is -2.28. The van der Waals surface area contributed by atoms with E-state index in [-0.39, 0.29) is 11.8 Å². The van der Waals surface area contributed by atoms with E-state index in [1.807, 2.05) is 36.2 Å². The molecule has 0 spiro atoms. The molecule has 0 radical (unpaired) electrons. The highest BCUT2D eigenvalue weighted by atomic mass is 16.5. The summed E-state index contributed by atoms with van der Waals surface area (Å²) in [6, 6.07) is 5.88. The number of likely N-dealkylation sites (tertiary alicyclic amines) is 1. The van der Waals surface area contributed by atoms with Gasteiger partial charge in [-0.1, -0.05) is 12.1 Å². The number of hydrogen-bond donors (Lipinski definition) is 0. The fourth-order valence-electron chi connectivity index (χ4n) is 3.72. The van der Waals surface area contributed by atoms with Gasteiger partial charge in [-0.2, -0.15) is 5.10 Å². The van der Waals surface area contributed by atoms with Crippen LogP contribution < -0.4 is 9.47 Å². The molecule has 0 aliphatic carbocycles. The molecule has 3 aromatic rings. The van der Waals surface area contributed by atoms with Crippen molar-refractivity contribution in [3.05, 3.63) is 53.5 Å². The summed E-state index contributed by atoms with van der Waals surface area (Å²) >= 11 is 0. The van der Waals surface area contributed by atoms with Gasteiger partial charge in [0, 0.05) is 37.0 Å². The van der Waals surface area contributed by atoms with E-state index in [2.05, 4.69) is 10.1 Å². The van der Waals surface area contributed by atoms with Crippen LogP contribution in [0.25, 0.3) is 5.65 Å². The summed E-state index contributed by atoms with van der Waals surface area (Å²) in [7, 11) is 3.28. The van der Waals surface area contributed by atoms with Crippen molar-refractivity contribution in [2.24, 2.45) is 0 Å². The Hall–Kier alpha value is -3.09. The first-order chi connectivity index (χ1) is 13.1. The smallest absolute Gasteiger partial charge is 0.259 e. The zero-order chi connectivity index (χ0) is 19.0. The van der Waals surface area contributed by atoms with Gasteiger partial charge >= 0.3 is 0 Å². The lowest BCUT2D eigenvalue weighted by Gasteiger charge is -2.18. The third-order valence-electron chi connectivity index (χ3n) is 5.06. The van der Waals surface area contributed by atoms with Gasteiger partial charge in [-0.05, 0) is 25.0 Å². The molecule has 7 nitrogen and oxygen atoms in total. The van der Waals surface area contributed by atoms with Crippen LogP contribution >= 0.6 is 0 Å². The Kier molecular flexibility index (Phi) is 4.43. The fraction of sp³-hybridized carbons (Fsp3) is 0.350. The number of nitrogens with zero attached hydrogens (tertiary/aromatic N) is 4. The molecule has 0 N–H and O–H groups in total. The topological polar surface area (TPSA) is 69.0 Å². The number of methoxy groups -OCH3 is 2. The van der Waals surface area contributed by atoms with Gasteiger partial charge in [0.1, 0.15) is 5.56 Å². The second-order valence-corrected chi connectivity index (χ2v) is 6.78. The second kappa shape index (κ2) is 6.90. The average Bonchev–Trinajstić information content (AvgIpc) is 3.33. The predicted molar refractivity (Wildman–Crippen MR) is 101 cm³/mol. The van der Waals surface area contributed by atoms with E-state index >= 15 is 0 Å². The van der Waals surface area contributed by atoms with Gasteiger partial charge in [0.15, 0.2) is 17.1 Å². The Balaban J connectivity index is 1.58. The highest BCUT2D eigenvalue weighted by molar-refractivity contribution is 5.99. The maximum Gasteiger partial charge on any atom is 0.259 e. The van der Waals surface area contributed by atoms with E-state index in [1.54, 1.807) is 31.1 Å². The molecule has 4 rings (SSSR count). The molecule has 0 saturated carbocycles. The number of ether oxygens (including phenoxy) is 2. The highest BCUT2D eigenvalue weighted by Gasteiger charge is 2.31. The van der Waals surface area contributed by atoms with Crippen molar-refractivity contribution < 1.29 is 14.3 Å². The Morgan fingerprint density at radius 3 is 2.85 bits per heavy atom. The SMILES string of the molecule is COc1cccc(C2CCN(C(=O)c3cnn4cc(C)cnc34)C2)c1OC. The van der Waals surface area contributed by atoms with Gasteiger partial charge in [-0.3, -0.25) is 4.79 Å². The Morgan fingerprint density at radius 2 is 2.07 bits per heavy atom. The van der Waals surface area contributed by atoms with Gasteiger partial charge in [-0.25, -0.2) is 9.50 Å². The number of carbonyl (C=O) groups excluding carboxylic acids is 1. The molecule has 3 heterocycles. The molecule has 7 heteroatoms. The summed E-state index contributed by atoms with van der Waals surface area (Å²) in [5.74, 6) is 1.62. The van der Waals surface area contributed by atoms with Gasteiger partial charge in [0.2, 0.25) is 0 Å². The lowest BCUT2D eigenvalue weighted by molar-refractivity contribution is 0.0792. The number of aryl methyl sites for hydroxylation is 1. The van der Waals surface area contributed by atoms with Crippen molar-refractivity contribution in [3.63, 3.8) is 0 Å². The number of hydrogen-bond acceptors (Lipinski definition) is 5. The van der Waals surface area contributed by atoms with Gasteiger partial charge in [0.05, 0.1) is 20.4 Å². The highest BCUT2D eigenvalue weighted by Crippen LogP contribution is 2.39. The number of para-hydroxylation sites is 1. The van der Waals surface area contributed by atoms with Crippen molar-refractivity contribution in [1.82, 2.24) is 19.5 Å². The molecule has 2 aromatic heterocycles. The lowest BCUT2D eigenvalue weighted by atomic mass is 9.97. The van der Waals surface area contributed by atoms with Crippen molar-refractivity contribution in [1.29, 1.82) is 0 Å². The van der Waals surface area contributed by atoms with E-state index in [9.17, 15) is 4.79 Å². The summed E-state index contributed by atoms with van der Waals surface area (Å²) in [4.78, 5) is 19.3. The molecular formula is C20H22N4O3. The molecule has 1 saturated heterocycles. The van der Waals surface area contributed by atoms with Crippen molar-refractivity contribution in [2.75, 3.05) is 27.3 Å². The van der Waals surface area contributed by atoms with E-state index in [1.165, 1.54) is 0 Å². The first kappa shape index (κ1) is 17.3. The summed E-state index contributed by atoms with van der Waals surface area (Å²) in [6.07, 6.45) is 6.10. The molecule has 1 aliphatic rings. The molecule has 1 aliphatic heterocycles. The third kappa shape index (κ3) is 2.99. The van der Waals surface area contributed by atoms with Crippen LogP contribution in [0.15, 0.2) is 36.8 Å². The Morgan fingerprint density at radius 1 is 1.22 bits per heavy atom. The Bertz CT molecular complexity index is 998. The molecular weight excluding hydrogens is 344 g/mol. The van der Waals surface area contributed by atoms with Gasteiger partial charge in [0.25, 0.3) is 5.91 Å². The summed E-state index contributed by atoms with van der Waals surface area (Å²) < 4.78 is 12.6. The van der Waals surface area contributed by atoms with E-state index in [0.29, 0.717) is 30.0 Å². The monoisotopic (exact) mass is 366 g/mol. The average molecular weight is 366 g/mol. The molecule has 1 amide bonds. The van der Waals surface area contributed by atoms with Crippen LogP contribution in [-0.2, 0) is 0 Å². The van der Waals surface area contributed by atoms with Crippen LogP contribution in [0, 0.1) is 6.92 Å². The largest absolute Gasteiger partial charge is 0.493 e. The maximum absolute atomic E-state index is 13.0. The van der Waals surface area contributed by atoms with Crippen LogP contribution in [-0.4, -0.2) is 52.7 Å². The standard InChI is InChI=1S/C20H22N4O3/c1-13-9-21-19-16(10-22-24(19)11-13)20(25)23-8-7-14(12-23)15-5-4-6-17(26-2)18(15)27-3/h4-6,9-11,14H,7-8,12H2,1-3H3. The summed E-state index contributed by atoms with van der Waals surface area (Å²) in [5.41, 5.74) is 3.19. The minimum atomic E-state index is -0.0364. The predicted octanol–water partition coefficient (Wildman–Crippen LogP) is 2.68. The third-order valence-corrected chi connectivity index (χ3v) is 5.06. The van der Waals surface area contributed by atoms with Gasteiger partial charge < -0.3 is 14.4 Å². The number of aromatic nitrogens is 3.